The Morgan fingerprint density at radius 2 is 1.55 bits per heavy atom. The number of nitrogens with zero attached hydrogens (tertiary/aromatic N) is 2. The molecule has 0 fully saturated rings. The first-order chi connectivity index (χ1) is 14.0. The monoisotopic (exact) mass is 423 g/mol. The third-order valence-corrected chi connectivity index (χ3v) is 6.01. The van der Waals surface area contributed by atoms with Crippen LogP contribution in [0.3, 0.4) is 0 Å². The quantitative estimate of drug-likeness (QED) is 0.292. The average molecular weight is 424 g/mol. The van der Waals surface area contributed by atoms with E-state index in [2.05, 4.69) is 23.0 Å². The summed E-state index contributed by atoms with van der Waals surface area (Å²) in [6.07, 6.45) is 0. The molecule has 0 saturated heterocycles. The van der Waals surface area contributed by atoms with Crippen molar-refractivity contribution in [1.82, 2.24) is 4.57 Å². The predicted octanol–water partition coefficient (Wildman–Crippen LogP) is 5.84. The van der Waals surface area contributed by atoms with Crippen molar-refractivity contribution in [2.75, 3.05) is 0 Å². The van der Waals surface area contributed by atoms with Crippen LogP contribution in [0.15, 0.2) is 66.7 Å². The maximum Gasteiger partial charge on any atom is 0.254 e. The van der Waals surface area contributed by atoms with E-state index >= 15 is 0 Å². The number of aryl methyl sites for hydroxylation is 1. The molecule has 0 atom stereocenters. The van der Waals surface area contributed by atoms with Crippen molar-refractivity contribution in [3.63, 3.8) is 0 Å². The fraction of sp³-hybridized carbons (Fsp3) is 0.167. The highest BCUT2D eigenvalue weighted by atomic mass is 35.5. The molecule has 0 radical (unpaired) electrons. The highest BCUT2D eigenvalue weighted by molar-refractivity contribution is 6.42. The van der Waals surface area contributed by atoms with E-state index in [0.717, 1.165) is 29.0 Å². The second-order valence-corrected chi connectivity index (χ2v) is 7.84. The molecule has 0 N–H and O–H groups in total. The van der Waals surface area contributed by atoms with Crippen LogP contribution >= 0.6 is 23.2 Å². The topological polar surface area (TPSA) is 25.9 Å². The van der Waals surface area contributed by atoms with Crippen LogP contribution in [-0.4, -0.2) is 10.4 Å². The van der Waals surface area contributed by atoms with Gasteiger partial charge >= 0.3 is 0 Å². The summed E-state index contributed by atoms with van der Waals surface area (Å²) >= 11 is 12.5. The summed E-state index contributed by atoms with van der Waals surface area (Å²) in [5.74, 6) is 1.16. The minimum absolute atomic E-state index is 0.0324. The van der Waals surface area contributed by atoms with Gasteiger partial charge in [0.05, 0.1) is 16.6 Å². The van der Waals surface area contributed by atoms with Crippen molar-refractivity contribution in [2.24, 2.45) is 0 Å². The van der Waals surface area contributed by atoms with Crippen LogP contribution in [0.2, 0.25) is 10.0 Å². The molecule has 3 nitrogen and oxygen atoms in total. The highest BCUT2D eigenvalue weighted by Crippen LogP contribution is 2.28. The number of hydrogen-bond acceptors (Lipinski definition) is 1. The third kappa shape index (κ3) is 3.68. The van der Waals surface area contributed by atoms with Crippen molar-refractivity contribution in [3.05, 3.63) is 99.3 Å². The molecule has 0 spiro atoms. The summed E-state index contributed by atoms with van der Waals surface area (Å²) in [4.78, 5) is 12.6. The number of hydrogen-bond donors (Lipinski definition) is 0. The molecule has 0 unspecified atom stereocenters. The van der Waals surface area contributed by atoms with Gasteiger partial charge in [-0.15, -0.1) is 0 Å². The van der Waals surface area contributed by atoms with Crippen LogP contribution in [0.25, 0.3) is 11.0 Å². The Morgan fingerprint density at radius 1 is 0.931 bits per heavy atom. The van der Waals surface area contributed by atoms with Gasteiger partial charge in [-0.2, -0.15) is 0 Å². The van der Waals surface area contributed by atoms with E-state index in [9.17, 15) is 4.79 Å². The number of ketones is 1. The maximum absolute atomic E-state index is 12.6. The third-order valence-electron chi connectivity index (χ3n) is 5.29. The fourth-order valence-electron chi connectivity index (χ4n) is 3.75. The highest BCUT2D eigenvalue weighted by Gasteiger charge is 2.22. The zero-order valence-electron chi connectivity index (χ0n) is 16.3. The second kappa shape index (κ2) is 8.02. The Hall–Kier alpha value is -2.62. The summed E-state index contributed by atoms with van der Waals surface area (Å²) in [5.41, 5.74) is 4.61. The number of benzene rings is 3. The van der Waals surface area contributed by atoms with E-state index in [1.165, 1.54) is 0 Å². The standard InChI is InChI=1S/C24H21Cl2N2O/c1-3-27-16(2)28(23-14-21(26)20(25)13-22(23)27)15-17-9-11-19(12-10-17)24(29)18-7-5-4-6-8-18/h4-14H,3,15H2,1-2H3/q+1. The molecule has 146 valence electrons. The predicted molar refractivity (Wildman–Crippen MR) is 118 cm³/mol. The summed E-state index contributed by atoms with van der Waals surface area (Å²) in [7, 11) is 0. The zero-order valence-corrected chi connectivity index (χ0v) is 17.8. The molecule has 0 bridgehead atoms. The van der Waals surface area contributed by atoms with Crippen molar-refractivity contribution in [2.45, 2.75) is 26.9 Å². The van der Waals surface area contributed by atoms with Gasteiger partial charge in [0, 0.05) is 30.2 Å². The van der Waals surface area contributed by atoms with Crippen LogP contribution in [0, 0.1) is 6.92 Å². The van der Waals surface area contributed by atoms with E-state index in [-0.39, 0.29) is 5.78 Å². The summed E-state index contributed by atoms with van der Waals surface area (Å²) < 4.78 is 4.46. The molecule has 0 aliphatic carbocycles. The second-order valence-electron chi connectivity index (χ2n) is 7.02. The van der Waals surface area contributed by atoms with Crippen molar-refractivity contribution in [3.8, 4) is 0 Å². The first-order valence-corrected chi connectivity index (χ1v) is 10.3. The fourth-order valence-corrected chi connectivity index (χ4v) is 4.07. The molecular formula is C24H21Cl2N2O+. The Bertz CT molecular complexity index is 1200. The van der Waals surface area contributed by atoms with Gasteiger partial charge < -0.3 is 0 Å². The van der Waals surface area contributed by atoms with E-state index < -0.39 is 0 Å². The molecule has 0 aliphatic heterocycles. The average Bonchev–Trinajstić information content (AvgIpc) is 2.99. The molecular weight excluding hydrogens is 403 g/mol. The van der Waals surface area contributed by atoms with Gasteiger partial charge in [-0.25, -0.2) is 9.13 Å². The number of rotatable bonds is 5. The van der Waals surface area contributed by atoms with Gasteiger partial charge in [0.2, 0.25) is 0 Å². The number of carbonyl (C=O) groups excluding carboxylic acids is 1. The normalized spacial score (nSPS) is 11.2. The largest absolute Gasteiger partial charge is 0.289 e. The number of aromatic nitrogens is 2. The van der Waals surface area contributed by atoms with E-state index in [1.54, 1.807) is 0 Å². The van der Waals surface area contributed by atoms with Crippen molar-refractivity contribution in [1.29, 1.82) is 0 Å². The maximum atomic E-state index is 12.6. The molecule has 4 rings (SSSR count). The molecule has 5 heteroatoms. The summed E-state index contributed by atoms with van der Waals surface area (Å²) in [6, 6.07) is 21.0. The summed E-state index contributed by atoms with van der Waals surface area (Å²) in [6.45, 7) is 5.74. The van der Waals surface area contributed by atoms with Gasteiger partial charge in [0.15, 0.2) is 16.8 Å². The lowest BCUT2D eigenvalue weighted by Gasteiger charge is -2.05. The number of fused-ring (bicyclic) bond motifs is 1. The van der Waals surface area contributed by atoms with Gasteiger partial charge in [-0.1, -0.05) is 77.8 Å². The van der Waals surface area contributed by atoms with E-state index in [4.69, 9.17) is 23.2 Å². The lowest BCUT2D eigenvalue weighted by Crippen LogP contribution is -2.37. The smallest absolute Gasteiger partial charge is 0.254 e. The van der Waals surface area contributed by atoms with Crippen molar-refractivity contribution < 1.29 is 9.36 Å². The van der Waals surface area contributed by atoms with Gasteiger partial charge in [0.25, 0.3) is 5.82 Å². The number of halogens is 2. The Balaban J connectivity index is 1.68. The Morgan fingerprint density at radius 3 is 2.21 bits per heavy atom. The van der Waals surface area contributed by atoms with E-state index in [1.807, 2.05) is 66.7 Å². The van der Waals surface area contributed by atoms with Gasteiger partial charge in [-0.3, -0.25) is 4.79 Å². The molecule has 29 heavy (non-hydrogen) atoms. The van der Waals surface area contributed by atoms with Crippen molar-refractivity contribution >= 4 is 40.0 Å². The van der Waals surface area contributed by atoms with Crippen LogP contribution in [-0.2, 0) is 13.1 Å². The van der Waals surface area contributed by atoms with Crippen LogP contribution < -0.4 is 4.57 Å². The lowest BCUT2D eigenvalue weighted by molar-refractivity contribution is -0.669. The zero-order chi connectivity index (χ0) is 20.5. The van der Waals surface area contributed by atoms with Gasteiger partial charge in [-0.05, 0) is 12.5 Å². The summed E-state index contributed by atoms with van der Waals surface area (Å²) in [5, 5.41) is 1.10. The first-order valence-electron chi connectivity index (χ1n) is 9.56. The SMILES string of the molecule is CCn1c(C)[n+](Cc2ccc(C(=O)c3ccccc3)cc2)c2cc(Cl)c(Cl)cc21. The molecule has 0 saturated carbocycles. The van der Waals surface area contributed by atoms with Crippen LogP contribution in [0.4, 0.5) is 0 Å². The minimum Gasteiger partial charge on any atom is -0.289 e. The van der Waals surface area contributed by atoms with Gasteiger partial charge in [0.1, 0.15) is 6.54 Å². The lowest BCUT2D eigenvalue weighted by atomic mass is 10.0. The minimum atomic E-state index is 0.0324. The molecule has 1 aromatic heterocycles. The van der Waals surface area contributed by atoms with Crippen LogP contribution in [0.5, 0.6) is 0 Å². The van der Waals surface area contributed by atoms with E-state index in [0.29, 0.717) is 27.7 Å². The Labute approximate surface area is 180 Å². The molecule has 1 heterocycles. The van der Waals surface area contributed by atoms with Crippen LogP contribution in [0.1, 0.15) is 34.2 Å². The number of imidazole rings is 1. The molecule has 0 amide bonds. The number of carbonyl (C=O) groups is 1. The molecule has 3 aromatic carbocycles. The molecule has 4 aromatic rings. The Kier molecular flexibility index (Phi) is 5.44. The molecule has 0 aliphatic rings. The first kappa shape index (κ1) is 19.7.